The van der Waals surface area contributed by atoms with Crippen LogP contribution in [0.4, 0.5) is 0 Å². The Balaban J connectivity index is 1.97. The molecule has 0 aliphatic carbocycles. The van der Waals surface area contributed by atoms with E-state index in [0.29, 0.717) is 13.1 Å². The number of nitrogens with zero attached hydrogens (tertiary/aromatic N) is 2. The number of amides is 1. The van der Waals surface area contributed by atoms with Crippen LogP contribution in [-0.2, 0) is 16.1 Å². The molecule has 1 saturated heterocycles. The van der Waals surface area contributed by atoms with Crippen molar-refractivity contribution >= 4 is 5.91 Å². The first kappa shape index (κ1) is 11.1. The maximum Gasteiger partial charge on any atom is 0.247 e. The van der Waals surface area contributed by atoms with Crippen molar-refractivity contribution < 1.29 is 9.53 Å². The third-order valence-electron chi connectivity index (χ3n) is 2.58. The lowest BCUT2D eigenvalue weighted by atomic mass is 10.2. The number of primary amides is 1. The molecule has 1 aliphatic heterocycles. The summed E-state index contributed by atoms with van der Waals surface area (Å²) >= 11 is 0. The normalized spacial score (nSPS) is 26.8. The zero-order valence-corrected chi connectivity index (χ0v) is 9.22. The van der Waals surface area contributed by atoms with Gasteiger partial charge in [0.25, 0.3) is 0 Å². The van der Waals surface area contributed by atoms with E-state index in [1.54, 1.807) is 12.4 Å². The van der Waals surface area contributed by atoms with E-state index in [2.05, 4.69) is 14.9 Å². The molecule has 1 fully saturated rings. The van der Waals surface area contributed by atoms with Gasteiger partial charge in [-0.3, -0.25) is 9.69 Å². The molecular formula is C10H16N4O2. The highest BCUT2D eigenvalue weighted by Crippen LogP contribution is 2.12. The van der Waals surface area contributed by atoms with Crippen molar-refractivity contribution in [3.63, 3.8) is 0 Å². The molecule has 1 aromatic heterocycles. The van der Waals surface area contributed by atoms with Crippen molar-refractivity contribution in [2.75, 3.05) is 13.1 Å². The number of rotatable bonds is 3. The summed E-state index contributed by atoms with van der Waals surface area (Å²) in [5.74, 6) is 0.480. The number of H-pyrrole nitrogens is 1. The molecule has 16 heavy (non-hydrogen) atoms. The Morgan fingerprint density at radius 3 is 3.19 bits per heavy atom. The molecule has 2 rings (SSSR count). The summed E-state index contributed by atoms with van der Waals surface area (Å²) in [5.41, 5.74) is 5.25. The number of hydrogen-bond donors (Lipinski definition) is 2. The number of carbonyl (C=O) groups excluding carboxylic acids is 1. The van der Waals surface area contributed by atoms with Gasteiger partial charge >= 0.3 is 0 Å². The van der Waals surface area contributed by atoms with E-state index in [4.69, 9.17) is 10.5 Å². The van der Waals surface area contributed by atoms with Gasteiger partial charge in [-0.1, -0.05) is 0 Å². The van der Waals surface area contributed by atoms with Gasteiger partial charge in [0, 0.05) is 25.5 Å². The molecule has 0 spiro atoms. The minimum Gasteiger partial charge on any atom is -0.367 e. The first-order valence-electron chi connectivity index (χ1n) is 5.30. The molecule has 0 radical (unpaired) electrons. The fourth-order valence-electron chi connectivity index (χ4n) is 1.92. The summed E-state index contributed by atoms with van der Waals surface area (Å²) in [6, 6.07) is 0. The molecule has 3 N–H and O–H groups in total. The lowest BCUT2D eigenvalue weighted by Gasteiger charge is -2.34. The van der Waals surface area contributed by atoms with Crippen LogP contribution >= 0.6 is 0 Å². The lowest BCUT2D eigenvalue weighted by molar-refractivity contribution is -0.142. The number of nitrogens with one attached hydrogen (secondary N) is 1. The number of hydrogen-bond acceptors (Lipinski definition) is 4. The fourth-order valence-corrected chi connectivity index (χ4v) is 1.92. The molecule has 2 atom stereocenters. The van der Waals surface area contributed by atoms with Crippen molar-refractivity contribution in [2.24, 2.45) is 5.73 Å². The van der Waals surface area contributed by atoms with Crippen LogP contribution < -0.4 is 5.73 Å². The van der Waals surface area contributed by atoms with Crippen LogP contribution in [0.15, 0.2) is 12.4 Å². The summed E-state index contributed by atoms with van der Waals surface area (Å²) in [7, 11) is 0. The smallest absolute Gasteiger partial charge is 0.247 e. The van der Waals surface area contributed by atoms with Crippen molar-refractivity contribution in [3.05, 3.63) is 18.2 Å². The van der Waals surface area contributed by atoms with Crippen LogP contribution in [0, 0.1) is 0 Å². The molecule has 0 bridgehead atoms. The van der Waals surface area contributed by atoms with E-state index in [-0.39, 0.29) is 6.10 Å². The average Bonchev–Trinajstić information content (AvgIpc) is 2.69. The monoisotopic (exact) mass is 224 g/mol. The third-order valence-corrected chi connectivity index (χ3v) is 2.58. The second kappa shape index (κ2) is 4.63. The van der Waals surface area contributed by atoms with Gasteiger partial charge in [0.2, 0.25) is 5.91 Å². The lowest BCUT2D eigenvalue weighted by Crippen LogP contribution is -2.51. The molecule has 1 aromatic rings. The Labute approximate surface area is 93.8 Å². The van der Waals surface area contributed by atoms with Crippen molar-refractivity contribution in [1.29, 1.82) is 0 Å². The summed E-state index contributed by atoms with van der Waals surface area (Å²) in [6.07, 6.45) is 3.00. The largest absolute Gasteiger partial charge is 0.367 e. The van der Waals surface area contributed by atoms with Crippen LogP contribution in [0.2, 0.25) is 0 Å². The van der Waals surface area contributed by atoms with Gasteiger partial charge in [-0.15, -0.1) is 0 Å². The number of aromatic nitrogens is 2. The highest BCUT2D eigenvalue weighted by Gasteiger charge is 2.28. The Hall–Kier alpha value is -1.40. The van der Waals surface area contributed by atoms with Crippen LogP contribution in [0.3, 0.4) is 0 Å². The molecule has 88 valence electrons. The molecule has 2 heterocycles. The number of nitrogens with two attached hydrogens (primary N) is 1. The molecule has 1 amide bonds. The second-order valence-corrected chi connectivity index (χ2v) is 4.07. The maximum atomic E-state index is 11.1. The predicted molar refractivity (Wildman–Crippen MR) is 57.4 cm³/mol. The van der Waals surface area contributed by atoms with Crippen LogP contribution in [-0.4, -0.2) is 46.1 Å². The van der Waals surface area contributed by atoms with Crippen LogP contribution in [0.1, 0.15) is 12.7 Å². The number of morpholine rings is 1. The molecule has 0 aromatic carbocycles. The fraction of sp³-hybridized carbons (Fsp3) is 0.600. The maximum absolute atomic E-state index is 11.1. The van der Waals surface area contributed by atoms with Gasteiger partial charge in [-0.05, 0) is 6.92 Å². The minimum absolute atomic E-state index is 0.0150. The summed E-state index contributed by atoms with van der Waals surface area (Å²) in [6.45, 7) is 3.93. The van der Waals surface area contributed by atoms with E-state index in [0.717, 1.165) is 12.4 Å². The van der Waals surface area contributed by atoms with Crippen molar-refractivity contribution in [2.45, 2.75) is 25.7 Å². The quantitative estimate of drug-likeness (QED) is 0.724. The summed E-state index contributed by atoms with van der Waals surface area (Å²) in [5, 5.41) is 0. The number of ether oxygens (including phenoxy) is 1. The van der Waals surface area contributed by atoms with E-state index >= 15 is 0 Å². The van der Waals surface area contributed by atoms with Gasteiger partial charge < -0.3 is 15.5 Å². The Kier molecular flexibility index (Phi) is 3.21. The minimum atomic E-state index is -0.515. The zero-order chi connectivity index (χ0) is 11.5. The highest BCUT2D eigenvalue weighted by molar-refractivity contribution is 5.79. The summed E-state index contributed by atoms with van der Waals surface area (Å²) < 4.78 is 5.45. The number of imidazole rings is 1. The highest BCUT2D eigenvalue weighted by atomic mass is 16.5. The number of aromatic amines is 1. The zero-order valence-electron chi connectivity index (χ0n) is 9.22. The second-order valence-electron chi connectivity index (χ2n) is 4.07. The Bertz CT molecular complexity index is 352. The first-order chi connectivity index (χ1) is 7.65. The summed E-state index contributed by atoms with van der Waals surface area (Å²) in [4.78, 5) is 20.4. The van der Waals surface area contributed by atoms with Crippen LogP contribution in [0.25, 0.3) is 0 Å². The standard InChI is InChI=1S/C10H16N4O2/c1-7-4-14(5-8(16-7)10(11)15)6-9-12-2-3-13-9/h2-3,7-8H,4-6H2,1H3,(H2,11,15)(H,12,13)/t7-,8+/m1/s1. The van der Waals surface area contributed by atoms with Gasteiger partial charge in [-0.2, -0.15) is 0 Å². The third kappa shape index (κ3) is 2.59. The van der Waals surface area contributed by atoms with Gasteiger partial charge in [0.05, 0.1) is 12.6 Å². The Morgan fingerprint density at radius 1 is 1.75 bits per heavy atom. The molecular weight excluding hydrogens is 208 g/mol. The molecule has 0 unspecified atom stereocenters. The van der Waals surface area contributed by atoms with Gasteiger partial charge in [0.1, 0.15) is 11.9 Å². The predicted octanol–water partition coefficient (Wildman–Crippen LogP) is -0.516. The average molecular weight is 224 g/mol. The topological polar surface area (TPSA) is 84.2 Å². The van der Waals surface area contributed by atoms with Crippen LogP contribution in [0.5, 0.6) is 0 Å². The van der Waals surface area contributed by atoms with Crippen molar-refractivity contribution in [1.82, 2.24) is 14.9 Å². The van der Waals surface area contributed by atoms with E-state index in [1.807, 2.05) is 6.92 Å². The van der Waals surface area contributed by atoms with E-state index in [9.17, 15) is 4.79 Å². The van der Waals surface area contributed by atoms with Crippen molar-refractivity contribution in [3.8, 4) is 0 Å². The molecule has 6 nitrogen and oxygen atoms in total. The van der Waals surface area contributed by atoms with E-state index in [1.165, 1.54) is 0 Å². The SMILES string of the molecule is C[C@@H]1CN(Cc2ncc[nH]2)C[C@@H](C(N)=O)O1. The van der Waals surface area contributed by atoms with Gasteiger partial charge in [-0.25, -0.2) is 4.98 Å². The Morgan fingerprint density at radius 2 is 2.56 bits per heavy atom. The molecule has 0 saturated carbocycles. The van der Waals surface area contributed by atoms with E-state index < -0.39 is 12.0 Å². The number of carbonyl (C=O) groups is 1. The molecule has 6 heteroatoms. The van der Waals surface area contributed by atoms with Gasteiger partial charge in [0.15, 0.2) is 0 Å². The first-order valence-corrected chi connectivity index (χ1v) is 5.30. The molecule has 1 aliphatic rings.